The molecule has 1 N–H and O–H groups in total. The van der Waals surface area contributed by atoms with Crippen LogP contribution < -0.4 is 0 Å². The average Bonchev–Trinajstić information content (AvgIpc) is 2.31. The third-order valence-corrected chi connectivity index (χ3v) is 3.89. The molecule has 1 aromatic heterocycles. The van der Waals surface area contributed by atoms with Crippen LogP contribution >= 0.6 is 0 Å². The van der Waals surface area contributed by atoms with Gasteiger partial charge in [-0.15, -0.1) is 0 Å². The van der Waals surface area contributed by atoms with Gasteiger partial charge in [-0.2, -0.15) is 0 Å². The molecular formula is C14H21N3O3. The van der Waals surface area contributed by atoms with Crippen molar-refractivity contribution in [3.05, 3.63) is 33.1 Å². The molecule has 1 aromatic rings. The van der Waals surface area contributed by atoms with Crippen LogP contribution in [0.2, 0.25) is 0 Å². The molecular weight excluding hydrogens is 258 g/mol. The highest BCUT2D eigenvalue weighted by molar-refractivity contribution is 5.47. The van der Waals surface area contributed by atoms with E-state index in [-0.39, 0.29) is 10.6 Å². The van der Waals surface area contributed by atoms with Crippen molar-refractivity contribution in [1.82, 2.24) is 9.88 Å². The summed E-state index contributed by atoms with van der Waals surface area (Å²) in [7, 11) is 0. The van der Waals surface area contributed by atoms with E-state index in [2.05, 4.69) is 9.88 Å². The Kier molecular flexibility index (Phi) is 4.06. The molecule has 1 aliphatic rings. The summed E-state index contributed by atoms with van der Waals surface area (Å²) in [6.07, 6.45) is 3.28. The van der Waals surface area contributed by atoms with E-state index in [0.29, 0.717) is 24.2 Å². The lowest BCUT2D eigenvalue weighted by Gasteiger charge is -2.36. The highest BCUT2D eigenvalue weighted by Gasteiger charge is 2.29. The van der Waals surface area contributed by atoms with Gasteiger partial charge in [0.25, 0.3) is 5.69 Å². The summed E-state index contributed by atoms with van der Waals surface area (Å²) >= 11 is 0. The van der Waals surface area contributed by atoms with Crippen LogP contribution in [-0.2, 0) is 6.54 Å². The molecule has 2 rings (SSSR count). The lowest BCUT2D eigenvalue weighted by Crippen LogP contribution is -2.45. The first-order valence-electron chi connectivity index (χ1n) is 6.84. The SMILES string of the molecule is Cc1cnc(CN2CCCC(C)(O)C2)c(C)c1[N+](=O)[O-]. The first-order valence-corrected chi connectivity index (χ1v) is 6.84. The fourth-order valence-corrected chi connectivity index (χ4v) is 2.88. The van der Waals surface area contributed by atoms with Crippen molar-refractivity contribution in [2.24, 2.45) is 0 Å². The lowest BCUT2D eigenvalue weighted by molar-refractivity contribution is -0.386. The first kappa shape index (κ1) is 14.9. The summed E-state index contributed by atoms with van der Waals surface area (Å²) in [5.41, 5.74) is 1.41. The standard InChI is InChI=1S/C14H21N3O3/c1-10-7-15-12(11(2)13(10)17(19)20)8-16-6-4-5-14(3,18)9-16/h7,18H,4-6,8-9H2,1-3H3. The molecule has 6 nitrogen and oxygen atoms in total. The van der Waals surface area contributed by atoms with Gasteiger partial charge in [0.1, 0.15) is 0 Å². The van der Waals surface area contributed by atoms with Crippen molar-refractivity contribution in [2.75, 3.05) is 13.1 Å². The summed E-state index contributed by atoms with van der Waals surface area (Å²) in [5, 5.41) is 21.2. The van der Waals surface area contributed by atoms with Gasteiger partial charge in [0.05, 0.1) is 16.2 Å². The molecule has 0 aliphatic carbocycles. The molecule has 110 valence electrons. The molecule has 0 aromatic carbocycles. The highest BCUT2D eigenvalue weighted by Crippen LogP contribution is 2.27. The van der Waals surface area contributed by atoms with Crippen molar-refractivity contribution < 1.29 is 10.0 Å². The molecule has 0 saturated carbocycles. The lowest BCUT2D eigenvalue weighted by atomic mass is 9.95. The third kappa shape index (κ3) is 3.13. The number of likely N-dealkylation sites (tertiary alicyclic amines) is 1. The molecule has 1 saturated heterocycles. The molecule has 1 atom stereocenters. The van der Waals surface area contributed by atoms with Gasteiger partial charge >= 0.3 is 0 Å². The molecule has 1 aliphatic heterocycles. The van der Waals surface area contributed by atoms with Crippen molar-refractivity contribution in [1.29, 1.82) is 0 Å². The van der Waals surface area contributed by atoms with Crippen molar-refractivity contribution in [3.63, 3.8) is 0 Å². The van der Waals surface area contributed by atoms with E-state index >= 15 is 0 Å². The normalized spacial score (nSPS) is 23.8. The van der Waals surface area contributed by atoms with Crippen molar-refractivity contribution in [2.45, 2.75) is 45.8 Å². The Hall–Kier alpha value is -1.53. The van der Waals surface area contributed by atoms with Crippen LogP contribution in [0.1, 0.15) is 36.6 Å². The topological polar surface area (TPSA) is 79.5 Å². The van der Waals surface area contributed by atoms with Crippen LogP contribution in [0.5, 0.6) is 0 Å². The van der Waals surface area contributed by atoms with Crippen LogP contribution in [0.25, 0.3) is 0 Å². The molecule has 0 spiro atoms. The van der Waals surface area contributed by atoms with Gasteiger partial charge in [0.15, 0.2) is 0 Å². The summed E-state index contributed by atoms with van der Waals surface area (Å²) in [4.78, 5) is 17.2. The number of aromatic nitrogens is 1. The van der Waals surface area contributed by atoms with Crippen LogP contribution in [0, 0.1) is 24.0 Å². The molecule has 0 bridgehead atoms. The second-order valence-corrected chi connectivity index (χ2v) is 5.93. The molecule has 0 amide bonds. The number of nitrogens with zero attached hydrogens (tertiary/aromatic N) is 3. The second kappa shape index (κ2) is 5.46. The summed E-state index contributed by atoms with van der Waals surface area (Å²) < 4.78 is 0. The van der Waals surface area contributed by atoms with Gasteiger partial charge in [0, 0.05) is 30.4 Å². The maximum absolute atomic E-state index is 11.1. The summed E-state index contributed by atoms with van der Waals surface area (Å²) in [6, 6.07) is 0. The summed E-state index contributed by atoms with van der Waals surface area (Å²) in [5.74, 6) is 0. The minimum absolute atomic E-state index is 0.152. The number of piperidine rings is 1. The third-order valence-electron chi connectivity index (χ3n) is 3.89. The molecule has 20 heavy (non-hydrogen) atoms. The van der Waals surface area contributed by atoms with Gasteiger partial charge in [-0.3, -0.25) is 20.0 Å². The highest BCUT2D eigenvalue weighted by atomic mass is 16.6. The van der Waals surface area contributed by atoms with Crippen molar-refractivity contribution >= 4 is 5.69 Å². The van der Waals surface area contributed by atoms with Gasteiger partial charge in [-0.05, 0) is 40.2 Å². The van der Waals surface area contributed by atoms with Crippen molar-refractivity contribution in [3.8, 4) is 0 Å². The predicted octanol–water partition coefficient (Wildman–Crippen LogP) is 1.95. The van der Waals surface area contributed by atoms with E-state index in [4.69, 9.17) is 0 Å². The Labute approximate surface area is 118 Å². The zero-order chi connectivity index (χ0) is 14.9. The van der Waals surface area contributed by atoms with E-state index in [9.17, 15) is 15.2 Å². The minimum Gasteiger partial charge on any atom is -0.389 e. The Morgan fingerprint density at radius 1 is 1.55 bits per heavy atom. The first-order chi connectivity index (χ1) is 9.30. The number of pyridine rings is 1. The van der Waals surface area contributed by atoms with E-state index < -0.39 is 5.60 Å². The molecule has 1 fully saturated rings. The fraction of sp³-hybridized carbons (Fsp3) is 0.643. The van der Waals surface area contributed by atoms with E-state index in [1.54, 1.807) is 20.0 Å². The Bertz CT molecular complexity index is 529. The summed E-state index contributed by atoms with van der Waals surface area (Å²) in [6.45, 7) is 7.29. The van der Waals surface area contributed by atoms with Crippen LogP contribution in [-0.4, -0.2) is 38.6 Å². The van der Waals surface area contributed by atoms with Crippen LogP contribution in [0.4, 0.5) is 5.69 Å². The van der Waals surface area contributed by atoms with E-state index in [0.717, 1.165) is 25.1 Å². The Morgan fingerprint density at radius 3 is 2.85 bits per heavy atom. The van der Waals surface area contributed by atoms with Crippen LogP contribution in [0.3, 0.4) is 0 Å². The van der Waals surface area contributed by atoms with Gasteiger partial charge in [0.2, 0.25) is 0 Å². The van der Waals surface area contributed by atoms with E-state index in [1.807, 2.05) is 6.92 Å². The number of nitro groups is 1. The van der Waals surface area contributed by atoms with Gasteiger partial charge in [-0.1, -0.05) is 0 Å². The number of aryl methyl sites for hydroxylation is 1. The zero-order valence-corrected chi connectivity index (χ0v) is 12.2. The fourth-order valence-electron chi connectivity index (χ4n) is 2.88. The smallest absolute Gasteiger partial charge is 0.278 e. The van der Waals surface area contributed by atoms with Crippen LogP contribution in [0.15, 0.2) is 6.20 Å². The molecule has 1 unspecified atom stereocenters. The monoisotopic (exact) mass is 279 g/mol. The Morgan fingerprint density at radius 2 is 2.25 bits per heavy atom. The number of hydrogen-bond acceptors (Lipinski definition) is 5. The van der Waals surface area contributed by atoms with Gasteiger partial charge < -0.3 is 5.11 Å². The number of β-amino-alcohol motifs (C(OH)–C–C–N with tert-alkyl or cyclic N) is 1. The maximum Gasteiger partial charge on any atom is 0.278 e. The minimum atomic E-state index is -0.678. The Balaban J connectivity index is 2.22. The molecule has 2 heterocycles. The largest absolute Gasteiger partial charge is 0.389 e. The number of aliphatic hydroxyl groups is 1. The van der Waals surface area contributed by atoms with E-state index in [1.165, 1.54) is 0 Å². The predicted molar refractivity (Wildman–Crippen MR) is 75.5 cm³/mol. The van der Waals surface area contributed by atoms with Gasteiger partial charge in [-0.25, -0.2) is 0 Å². The number of hydrogen-bond donors (Lipinski definition) is 1. The average molecular weight is 279 g/mol. The second-order valence-electron chi connectivity index (χ2n) is 5.93. The number of rotatable bonds is 3. The molecule has 6 heteroatoms. The zero-order valence-electron chi connectivity index (χ0n) is 12.2. The molecule has 0 radical (unpaired) electrons. The quantitative estimate of drug-likeness (QED) is 0.675. The maximum atomic E-state index is 11.1.